The second-order valence-electron chi connectivity index (χ2n) is 4.33. The number of aryl methyl sites for hydroxylation is 1. The number of benzene rings is 2. The lowest BCUT2D eigenvalue weighted by Gasteiger charge is -2.05. The average Bonchev–Trinajstić information content (AvgIpc) is 2.32. The maximum Gasteiger partial charge on any atom is 0.170 e. The molecule has 0 saturated heterocycles. The fourth-order valence-corrected chi connectivity index (χ4v) is 1.84. The lowest BCUT2D eigenvalue weighted by atomic mass is 10.0. The van der Waals surface area contributed by atoms with Gasteiger partial charge >= 0.3 is 0 Å². The fraction of sp³-hybridized carbons (Fsp3) is 0.133. The van der Waals surface area contributed by atoms with Crippen molar-refractivity contribution in [1.29, 1.82) is 0 Å². The van der Waals surface area contributed by atoms with E-state index in [-0.39, 0.29) is 17.8 Å². The predicted octanol–water partition coefficient (Wildman–Crippen LogP) is 3.14. The molecule has 0 aliphatic heterocycles. The number of nitrogens with two attached hydrogens (primary N) is 1. The third-order valence-electron chi connectivity index (χ3n) is 2.74. The van der Waals surface area contributed by atoms with Gasteiger partial charge in [0.05, 0.1) is 5.56 Å². The van der Waals surface area contributed by atoms with Crippen molar-refractivity contribution in [2.24, 2.45) is 0 Å². The molecule has 0 spiro atoms. The van der Waals surface area contributed by atoms with Gasteiger partial charge in [0, 0.05) is 12.1 Å². The first kappa shape index (κ1) is 12.3. The Morgan fingerprint density at radius 3 is 2.72 bits per heavy atom. The number of ketones is 1. The van der Waals surface area contributed by atoms with Gasteiger partial charge in [-0.2, -0.15) is 0 Å². The van der Waals surface area contributed by atoms with Crippen molar-refractivity contribution in [1.82, 2.24) is 0 Å². The largest absolute Gasteiger partial charge is 0.399 e. The van der Waals surface area contributed by atoms with Crippen LogP contribution in [0.5, 0.6) is 0 Å². The first-order valence-electron chi connectivity index (χ1n) is 5.70. The average molecular weight is 243 g/mol. The molecule has 0 aliphatic carbocycles. The number of nitrogen functional groups attached to an aromatic ring is 1. The summed E-state index contributed by atoms with van der Waals surface area (Å²) in [4.78, 5) is 12.0. The lowest BCUT2D eigenvalue weighted by molar-refractivity contribution is 0.0989. The molecule has 0 amide bonds. The molecule has 0 heterocycles. The topological polar surface area (TPSA) is 43.1 Å². The van der Waals surface area contributed by atoms with Crippen molar-refractivity contribution >= 4 is 11.5 Å². The van der Waals surface area contributed by atoms with E-state index >= 15 is 0 Å². The molecule has 18 heavy (non-hydrogen) atoms. The molecule has 2 N–H and O–H groups in total. The molecule has 0 aromatic heterocycles. The van der Waals surface area contributed by atoms with Crippen molar-refractivity contribution in [3.63, 3.8) is 0 Å². The highest BCUT2D eigenvalue weighted by Crippen LogP contribution is 2.15. The summed E-state index contributed by atoms with van der Waals surface area (Å²) in [6, 6.07) is 11.6. The monoisotopic (exact) mass is 243 g/mol. The highest BCUT2D eigenvalue weighted by atomic mass is 19.1. The van der Waals surface area contributed by atoms with Crippen molar-refractivity contribution in [2.75, 3.05) is 5.73 Å². The molecule has 0 aliphatic rings. The van der Waals surface area contributed by atoms with Crippen molar-refractivity contribution in [3.05, 3.63) is 65.0 Å². The van der Waals surface area contributed by atoms with E-state index in [0.29, 0.717) is 5.69 Å². The molecule has 0 unspecified atom stereocenters. The Morgan fingerprint density at radius 2 is 2.00 bits per heavy atom. The van der Waals surface area contributed by atoms with E-state index in [4.69, 9.17) is 5.73 Å². The minimum atomic E-state index is -0.477. The highest BCUT2D eigenvalue weighted by molar-refractivity contribution is 5.98. The summed E-state index contributed by atoms with van der Waals surface area (Å²) < 4.78 is 13.6. The van der Waals surface area contributed by atoms with Gasteiger partial charge in [-0.05, 0) is 36.8 Å². The van der Waals surface area contributed by atoms with E-state index in [2.05, 4.69) is 0 Å². The second kappa shape index (κ2) is 5.00. The first-order chi connectivity index (χ1) is 8.56. The summed E-state index contributed by atoms with van der Waals surface area (Å²) >= 11 is 0. The normalized spacial score (nSPS) is 10.3. The molecular weight excluding hydrogens is 229 g/mol. The highest BCUT2D eigenvalue weighted by Gasteiger charge is 2.12. The Hall–Kier alpha value is -2.16. The lowest BCUT2D eigenvalue weighted by Crippen LogP contribution is -2.06. The molecule has 2 nitrogen and oxygen atoms in total. The molecule has 0 bridgehead atoms. The van der Waals surface area contributed by atoms with Gasteiger partial charge < -0.3 is 5.73 Å². The zero-order valence-electron chi connectivity index (χ0n) is 10.1. The Kier molecular flexibility index (Phi) is 3.42. The number of carbonyl (C=O) groups is 1. The fourth-order valence-electron chi connectivity index (χ4n) is 1.84. The van der Waals surface area contributed by atoms with Gasteiger partial charge in [-0.3, -0.25) is 4.79 Å². The maximum absolute atomic E-state index is 13.6. The van der Waals surface area contributed by atoms with Gasteiger partial charge in [-0.25, -0.2) is 4.39 Å². The Labute approximate surface area is 105 Å². The molecule has 0 radical (unpaired) electrons. The van der Waals surface area contributed by atoms with E-state index in [0.717, 1.165) is 11.1 Å². The number of Topliss-reactive ketones (excluding diaryl/α,β-unsaturated/α-hetero) is 1. The predicted molar refractivity (Wildman–Crippen MR) is 70.0 cm³/mol. The van der Waals surface area contributed by atoms with Gasteiger partial charge in [0.2, 0.25) is 0 Å². The van der Waals surface area contributed by atoms with E-state index < -0.39 is 5.82 Å². The van der Waals surface area contributed by atoms with Gasteiger partial charge in [0.25, 0.3) is 0 Å². The summed E-state index contributed by atoms with van der Waals surface area (Å²) in [6.07, 6.45) is 0.158. The molecule has 2 aromatic rings. The van der Waals surface area contributed by atoms with E-state index in [9.17, 15) is 9.18 Å². The van der Waals surface area contributed by atoms with Gasteiger partial charge in [-0.1, -0.05) is 23.8 Å². The zero-order chi connectivity index (χ0) is 13.1. The quantitative estimate of drug-likeness (QED) is 0.664. The van der Waals surface area contributed by atoms with Crippen LogP contribution >= 0.6 is 0 Å². The van der Waals surface area contributed by atoms with Crippen LogP contribution in [-0.4, -0.2) is 5.78 Å². The summed E-state index contributed by atoms with van der Waals surface area (Å²) in [6.45, 7) is 1.83. The molecular formula is C15H14FNO. The summed E-state index contributed by atoms with van der Waals surface area (Å²) in [5, 5.41) is 0. The van der Waals surface area contributed by atoms with Gasteiger partial charge in [0.15, 0.2) is 5.78 Å². The second-order valence-corrected chi connectivity index (χ2v) is 4.33. The number of halogens is 1. The van der Waals surface area contributed by atoms with Crippen LogP contribution in [0.3, 0.4) is 0 Å². The van der Waals surface area contributed by atoms with Crippen LogP contribution in [0.15, 0.2) is 42.5 Å². The molecule has 0 saturated carbocycles. The Bertz CT molecular complexity index is 593. The maximum atomic E-state index is 13.6. The Morgan fingerprint density at radius 1 is 1.22 bits per heavy atom. The van der Waals surface area contributed by atoms with Crippen LogP contribution in [0.1, 0.15) is 21.5 Å². The van der Waals surface area contributed by atoms with Crippen LogP contribution in [0, 0.1) is 12.7 Å². The number of carbonyl (C=O) groups excluding carboxylic acids is 1. The van der Waals surface area contributed by atoms with Crippen LogP contribution in [-0.2, 0) is 6.42 Å². The summed E-state index contributed by atoms with van der Waals surface area (Å²) in [7, 11) is 0. The van der Waals surface area contributed by atoms with Gasteiger partial charge in [0.1, 0.15) is 5.82 Å². The van der Waals surface area contributed by atoms with Crippen LogP contribution in [0.25, 0.3) is 0 Å². The van der Waals surface area contributed by atoms with Crippen LogP contribution in [0.4, 0.5) is 10.1 Å². The molecule has 92 valence electrons. The molecule has 2 aromatic carbocycles. The summed E-state index contributed by atoms with van der Waals surface area (Å²) in [5.74, 6) is -0.712. The first-order valence-corrected chi connectivity index (χ1v) is 5.70. The minimum Gasteiger partial charge on any atom is -0.399 e. The minimum absolute atomic E-state index is 0.137. The van der Waals surface area contributed by atoms with Crippen molar-refractivity contribution < 1.29 is 9.18 Å². The third kappa shape index (κ3) is 2.74. The Balaban J connectivity index is 2.24. The smallest absolute Gasteiger partial charge is 0.170 e. The number of hydrogen-bond acceptors (Lipinski definition) is 2. The zero-order valence-corrected chi connectivity index (χ0v) is 10.1. The van der Waals surface area contributed by atoms with Crippen molar-refractivity contribution in [2.45, 2.75) is 13.3 Å². The van der Waals surface area contributed by atoms with Gasteiger partial charge in [-0.15, -0.1) is 0 Å². The number of hydrogen-bond donors (Lipinski definition) is 1. The van der Waals surface area contributed by atoms with E-state index in [1.165, 1.54) is 6.07 Å². The molecule has 0 fully saturated rings. The van der Waals surface area contributed by atoms with Crippen LogP contribution in [0.2, 0.25) is 0 Å². The molecule has 2 rings (SSSR count). The van der Waals surface area contributed by atoms with Crippen molar-refractivity contribution in [3.8, 4) is 0 Å². The number of rotatable bonds is 3. The molecule has 0 atom stereocenters. The molecule has 3 heteroatoms. The standard InChI is InChI=1S/C15H14FNO/c1-10-5-6-14(16)13(7-10)15(18)9-11-3-2-4-12(17)8-11/h2-8H,9,17H2,1H3. The van der Waals surface area contributed by atoms with E-state index in [1.54, 1.807) is 30.3 Å². The summed E-state index contributed by atoms with van der Waals surface area (Å²) in [5.41, 5.74) is 8.04. The SMILES string of the molecule is Cc1ccc(F)c(C(=O)Cc2cccc(N)c2)c1. The van der Waals surface area contributed by atoms with Crippen LogP contribution < -0.4 is 5.73 Å². The third-order valence-corrected chi connectivity index (χ3v) is 2.74. The van der Waals surface area contributed by atoms with E-state index in [1.807, 2.05) is 13.0 Å². The number of anilines is 1.